The number of ether oxygens (including phenoxy) is 2. The third-order valence-electron chi connectivity index (χ3n) is 3.24. The average molecular weight is 358 g/mol. The number of halogens is 1. The lowest BCUT2D eigenvalue weighted by Gasteiger charge is -2.19. The van der Waals surface area contributed by atoms with Gasteiger partial charge in [-0.25, -0.2) is 4.79 Å². The van der Waals surface area contributed by atoms with E-state index < -0.39 is 17.9 Å². The largest absolute Gasteiger partial charge is 0.490 e. The van der Waals surface area contributed by atoms with Crippen molar-refractivity contribution in [2.24, 2.45) is 5.92 Å². The van der Waals surface area contributed by atoms with Crippen LogP contribution in [0, 0.1) is 5.92 Å². The number of hydrogen-bond acceptors (Lipinski definition) is 4. The van der Waals surface area contributed by atoms with Crippen LogP contribution in [0.2, 0.25) is 5.02 Å². The van der Waals surface area contributed by atoms with Gasteiger partial charge in [-0.3, -0.25) is 4.79 Å². The molecule has 24 heavy (non-hydrogen) atoms. The second-order valence-corrected chi connectivity index (χ2v) is 6.01. The van der Waals surface area contributed by atoms with Crippen molar-refractivity contribution in [2.45, 2.75) is 40.2 Å². The Kier molecular flexibility index (Phi) is 7.85. The SMILES string of the molecule is CCCOc1c(Cl)cc(C(=O)N[C@H](C(=O)O)C(C)C)cc1OCC. The highest BCUT2D eigenvalue weighted by Crippen LogP contribution is 2.36. The van der Waals surface area contributed by atoms with Crippen LogP contribution in [0.1, 0.15) is 44.5 Å². The predicted molar refractivity (Wildman–Crippen MR) is 92.1 cm³/mol. The molecule has 0 unspecified atom stereocenters. The van der Waals surface area contributed by atoms with Gasteiger partial charge >= 0.3 is 5.97 Å². The number of aliphatic carboxylic acids is 1. The van der Waals surface area contributed by atoms with Crippen LogP contribution in [0.4, 0.5) is 0 Å². The summed E-state index contributed by atoms with van der Waals surface area (Å²) in [5.74, 6) is -1.12. The number of hydrogen-bond donors (Lipinski definition) is 2. The van der Waals surface area contributed by atoms with E-state index in [0.29, 0.717) is 24.7 Å². The zero-order chi connectivity index (χ0) is 18.3. The summed E-state index contributed by atoms with van der Waals surface area (Å²) in [6.07, 6.45) is 0.804. The molecule has 0 heterocycles. The predicted octanol–water partition coefficient (Wildman–Crippen LogP) is 3.37. The molecule has 0 aromatic heterocycles. The molecule has 1 amide bonds. The second-order valence-electron chi connectivity index (χ2n) is 5.60. The first-order valence-corrected chi connectivity index (χ1v) is 8.32. The van der Waals surface area contributed by atoms with Crippen LogP contribution in [0.25, 0.3) is 0 Å². The van der Waals surface area contributed by atoms with E-state index in [1.165, 1.54) is 12.1 Å². The Balaban J connectivity index is 3.10. The van der Waals surface area contributed by atoms with E-state index in [4.69, 9.17) is 21.1 Å². The average Bonchev–Trinajstić information content (AvgIpc) is 2.51. The van der Waals surface area contributed by atoms with Gasteiger partial charge in [-0.15, -0.1) is 0 Å². The molecule has 0 aliphatic heterocycles. The van der Waals surface area contributed by atoms with Crippen molar-refractivity contribution in [1.82, 2.24) is 5.32 Å². The number of carboxylic acid groups (broad SMARTS) is 1. The van der Waals surface area contributed by atoms with Crippen molar-refractivity contribution in [2.75, 3.05) is 13.2 Å². The highest BCUT2D eigenvalue weighted by atomic mass is 35.5. The third kappa shape index (κ3) is 5.30. The van der Waals surface area contributed by atoms with Crippen LogP contribution in [-0.2, 0) is 4.79 Å². The number of benzene rings is 1. The lowest BCUT2D eigenvalue weighted by atomic mass is 10.0. The van der Waals surface area contributed by atoms with Crippen molar-refractivity contribution >= 4 is 23.5 Å². The molecule has 0 bridgehead atoms. The van der Waals surface area contributed by atoms with E-state index >= 15 is 0 Å². The molecule has 0 spiro atoms. The van der Waals surface area contributed by atoms with Crippen LogP contribution in [0.3, 0.4) is 0 Å². The van der Waals surface area contributed by atoms with E-state index in [1.807, 2.05) is 13.8 Å². The number of carboxylic acids is 1. The Morgan fingerprint density at radius 3 is 2.42 bits per heavy atom. The zero-order valence-corrected chi connectivity index (χ0v) is 15.1. The Hall–Kier alpha value is -1.95. The van der Waals surface area contributed by atoms with Gasteiger partial charge in [0.2, 0.25) is 0 Å². The monoisotopic (exact) mass is 357 g/mol. The summed E-state index contributed by atoms with van der Waals surface area (Å²) in [5, 5.41) is 11.9. The van der Waals surface area contributed by atoms with Crippen LogP contribution in [-0.4, -0.2) is 36.2 Å². The molecule has 1 rings (SSSR count). The fourth-order valence-corrected chi connectivity index (χ4v) is 2.31. The zero-order valence-electron chi connectivity index (χ0n) is 14.4. The first-order chi connectivity index (χ1) is 11.3. The van der Waals surface area contributed by atoms with E-state index in [9.17, 15) is 14.7 Å². The molecular weight excluding hydrogens is 334 g/mol. The number of rotatable bonds is 9. The minimum atomic E-state index is -1.09. The van der Waals surface area contributed by atoms with E-state index in [1.54, 1.807) is 13.8 Å². The Morgan fingerprint density at radius 2 is 1.92 bits per heavy atom. The molecule has 7 heteroatoms. The molecule has 0 saturated heterocycles. The van der Waals surface area contributed by atoms with Crippen LogP contribution >= 0.6 is 11.6 Å². The Labute approximate surface area is 147 Å². The van der Waals surface area contributed by atoms with E-state index in [-0.39, 0.29) is 16.5 Å². The van der Waals surface area contributed by atoms with Crippen LogP contribution in [0.15, 0.2) is 12.1 Å². The van der Waals surface area contributed by atoms with Crippen LogP contribution < -0.4 is 14.8 Å². The summed E-state index contributed by atoms with van der Waals surface area (Å²) >= 11 is 6.21. The van der Waals surface area contributed by atoms with Gasteiger partial charge < -0.3 is 19.9 Å². The van der Waals surface area contributed by atoms with Gasteiger partial charge in [-0.1, -0.05) is 32.4 Å². The summed E-state index contributed by atoms with van der Waals surface area (Å²) in [6, 6.07) is 1.97. The minimum absolute atomic E-state index is 0.221. The molecule has 134 valence electrons. The Morgan fingerprint density at radius 1 is 1.25 bits per heavy atom. The highest BCUT2D eigenvalue weighted by Gasteiger charge is 2.25. The van der Waals surface area contributed by atoms with Crippen molar-refractivity contribution in [3.8, 4) is 11.5 Å². The molecule has 0 radical (unpaired) electrons. The third-order valence-corrected chi connectivity index (χ3v) is 3.52. The number of amides is 1. The quantitative estimate of drug-likeness (QED) is 0.707. The maximum absolute atomic E-state index is 12.4. The standard InChI is InChI=1S/C17H24ClNO5/c1-5-7-24-15-12(18)8-11(9-13(15)23-6-2)16(20)19-14(10(3)4)17(21)22/h8-10,14H,5-7H2,1-4H3,(H,19,20)(H,21,22)/t14-/m0/s1. The first kappa shape index (κ1) is 20.1. The van der Waals surface area contributed by atoms with Crippen molar-refractivity contribution in [3.63, 3.8) is 0 Å². The molecule has 0 fully saturated rings. The molecule has 1 atom stereocenters. The van der Waals surface area contributed by atoms with Gasteiger partial charge in [0.1, 0.15) is 6.04 Å². The minimum Gasteiger partial charge on any atom is -0.490 e. The summed E-state index contributed by atoms with van der Waals surface area (Å²) in [7, 11) is 0. The van der Waals surface area contributed by atoms with Gasteiger partial charge in [0.15, 0.2) is 11.5 Å². The van der Waals surface area contributed by atoms with Gasteiger partial charge in [0.25, 0.3) is 5.91 Å². The van der Waals surface area contributed by atoms with E-state index in [0.717, 1.165) is 6.42 Å². The first-order valence-electron chi connectivity index (χ1n) is 7.94. The van der Waals surface area contributed by atoms with E-state index in [2.05, 4.69) is 5.32 Å². The maximum atomic E-state index is 12.4. The second kappa shape index (κ2) is 9.37. The van der Waals surface area contributed by atoms with Gasteiger partial charge in [-0.2, -0.15) is 0 Å². The van der Waals surface area contributed by atoms with Gasteiger partial charge in [0, 0.05) is 5.56 Å². The smallest absolute Gasteiger partial charge is 0.326 e. The van der Waals surface area contributed by atoms with Crippen LogP contribution in [0.5, 0.6) is 11.5 Å². The molecule has 1 aromatic rings. The molecule has 0 aliphatic rings. The lowest BCUT2D eigenvalue weighted by Crippen LogP contribution is -2.44. The van der Waals surface area contributed by atoms with Crippen molar-refractivity contribution < 1.29 is 24.2 Å². The maximum Gasteiger partial charge on any atom is 0.326 e. The molecule has 0 saturated carbocycles. The molecule has 2 N–H and O–H groups in total. The Bertz CT molecular complexity index is 589. The molecule has 0 aliphatic carbocycles. The number of nitrogens with one attached hydrogen (secondary N) is 1. The van der Waals surface area contributed by atoms with Crippen molar-refractivity contribution in [3.05, 3.63) is 22.7 Å². The number of carbonyl (C=O) groups excluding carboxylic acids is 1. The molecular formula is C17H24ClNO5. The summed E-state index contributed by atoms with van der Waals surface area (Å²) in [6.45, 7) is 8.07. The van der Waals surface area contributed by atoms with Crippen molar-refractivity contribution in [1.29, 1.82) is 0 Å². The lowest BCUT2D eigenvalue weighted by molar-refractivity contribution is -0.140. The fraction of sp³-hybridized carbons (Fsp3) is 0.529. The topological polar surface area (TPSA) is 84.9 Å². The highest BCUT2D eigenvalue weighted by molar-refractivity contribution is 6.32. The molecule has 6 nitrogen and oxygen atoms in total. The van der Waals surface area contributed by atoms with Gasteiger partial charge in [-0.05, 0) is 31.4 Å². The summed E-state index contributed by atoms with van der Waals surface area (Å²) < 4.78 is 11.1. The summed E-state index contributed by atoms with van der Waals surface area (Å²) in [5.41, 5.74) is 0.221. The normalized spacial score (nSPS) is 11.9. The van der Waals surface area contributed by atoms with Gasteiger partial charge in [0.05, 0.1) is 18.2 Å². The fourth-order valence-electron chi connectivity index (χ4n) is 2.04. The summed E-state index contributed by atoms with van der Waals surface area (Å²) in [4.78, 5) is 23.6. The molecule has 1 aromatic carbocycles. The number of carbonyl (C=O) groups is 2.